The minimum Gasteiger partial charge on any atom is -0.329 e. The Hall–Kier alpha value is -0.710. The Bertz CT molecular complexity index is 393. The smallest absolute Gasteiger partial charge is 0.246 e. The van der Waals surface area contributed by atoms with Crippen molar-refractivity contribution in [2.75, 3.05) is 19.3 Å². The first-order chi connectivity index (χ1) is 9.70. The number of amides is 2. The van der Waals surface area contributed by atoms with E-state index in [1.54, 1.807) is 0 Å². The average molecular weight is 296 g/mol. The summed E-state index contributed by atoms with van der Waals surface area (Å²) in [7, 11) is 0. The second-order valence-corrected chi connectivity index (χ2v) is 7.37. The van der Waals surface area contributed by atoms with Crippen LogP contribution >= 0.6 is 11.8 Å². The van der Waals surface area contributed by atoms with Gasteiger partial charge in [0.25, 0.3) is 0 Å². The molecule has 3 aliphatic rings. The second-order valence-electron chi connectivity index (χ2n) is 6.23. The molecule has 0 aromatic heterocycles. The number of piperazine rings is 1. The summed E-state index contributed by atoms with van der Waals surface area (Å²) in [6.45, 7) is 1.10. The standard InChI is InChI=1S/C15H24N2O2S/c1-20-12-7-5-11(6-8-12)17-10-14(18)16-9-3-2-4-13(16)15(17)19/h11-13H,2-10H2,1H3. The molecule has 20 heavy (non-hydrogen) atoms. The molecule has 1 unspecified atom stereocenters. The van der Waals surface area contributed by atoms with Crippen molar-refractivity contribution in [3.05, 3.63) is 0 Å². The summed E-state index contributed by atoms with van der Waals surface area (Å²) < 4.78 is 0. The lowest BCUT2D eigenvalue weighted by Gasteiger charge is -2.46. The highest BCUT2D eigenvalue weighted by Crippen LogP contribution is 2.32. The first-order valence-electron chi connectivity index (χ1n) is 7.83. The number of hydrogen-bond acceptors (Lipinski definition) is 3. The van der Waals surface area contributed by atoms with Crippen LogP contribution in [0.2, 0.25) is 0 Å². The lowest BCUT2D eigenvalue weighted by molar-refractivity contribution is -0.160. The molecule has 0 radical (unpaired) electrons. The van der Waals surface area contributed by atoms with Gasteiger partial charge in [0.2, 0.25) is 11.8 Å². The van der Waals surface area contributed by atoms with Crippen molar-refractivity contribution in [3.63, 3.8) is 0 Å². The predicted octanol–water partition coefficient (Wildman–Crippen LogP) is 1.88. The third-order valence-corrected chi connectivity index (χ3v) is 6.25. The SMILES string of the molecule is CSC1CCC(N2CC(=O)N3CCCCC3C2=O)CC1. The van der Waals surface area contributed by atoms with E-state index in [2.05, 4.69) is 6.26 Å². The molecule has 3 rings (SSSR count). The Morgan fingerprint density at radius 2 is 1.75 bits per heavy atom. The van der Waals surface area contributed by atoms with Gasteiger partial charge in [-0.05, 0) is 51.2 Å². The molecule has 0 aromatic carbocycles. The first-order valence-corrected chi connectivity index (χ1v) is 9.12. The number of rotatable bonds is 2. The van der Waals surface area contributed by atoms with Crippen LogP contribution in [0.1, 0.15) is 44.9 Å². The number of nitrogens with zero attached hydrogens (tertiary/aromatic N) is 2. The molecule has 0 N–H and O–H groups in total. The van der Waals surface area contributed by atoms with Crippen LogP contribution in [-0.4, -0.2) is 58.3 Å². The van der Waals surface area contributed by atoms with Gasteiger partial charge in [-0.25, -0.2) is 0 Å². The summed E-state index contributed by atoms with van der Waals surface area (Å²) in [6, 6.07) is 0.155. The van der Waals surface area contributed by atoms with Crippen molar-refractivity contribution in [3.8, 4) is 0 Å². The lowest BCUT2D eigenvalue weighted by Crippen LogP contribution is -2.63. The van der Waals surface area contributed by atoms with Gasteiger partial charge in [-0.2, -0.15) is 11.8 Å². The molecule has 2 aliphatic heterocycles. The molecule has 5 heteroatoms. The van der Waals surface area contributed by atoms with E-state index in [1.165, 1.54) is 12.8 Å². The van der Waals surface area contributed by atoms with E-state index in [0.29, 0.717) is 12.6 Å². The fourth-order valence-corrected chi connectivity index (χ4v) is 4.64. The molecule has 2 amide bonds. The molecule has 1 aliphatic carbocycles. The van der Waals surface area contributed by atoms with E-state index < -0.39 is 0 Å². The summed E-state index contributed by atoms with van der Waals surface area (Å²) in [5.74, 6) is 0.387. The van der Waals surface area contributed by atoms with Crippen molar-refractivity contribution in [1.29, 1.82) is 0 Å². The third-order valence-electron chi connectivity index (χ3n) is 5.11. The van der Waals surface area contributed by atoms with Crippen molar-refractivity contribution in [1.82, 2.24) is 9.80 Å². The largest absolute Gasteiger partial charge is 0.329 e. The minimum atomic E-state index is -0.150. The molecule has 2 saturated heterocycles. The quantitative estimate of drug-likeness (QED) is 0.781. The first kappa shape index (κ1) is 14.2. The number of piperidine rings is 1. The lowest BCUT2D eigenvalue weighted by atomic mass is 9.91. The number of thioether (sulfide) groups is 1. The van der Waals surface area contributed by atoms with Gasteiger partial charge in [0.05, 0.1) is 0 Å². The van der Waals surface area contributed by atoms with Crippen LogP contribution in [0.3, 0.4) is 0 Å². The van der Waals surface area contributed by atoms with Crippen molar-refractivity contribution < 1.29 is 9.59 Å². The van der Waals surface area contributed by atoms with Crippen molar-refractivity contribution in [2.24, 2.45) is 0 Å². The van der Waals surface area contributed by atoms with Crippen LogP contribution in [-0.2, 0) is 9.59 Å². The number of fused-ring (bicyclic) bond motifs is 1. The van der Waals surface area contributed by atoms with E-state index in [0.717, 1.165) is 43.9 Å². The molecule has 4 nitrogen and oxygen atoms in total. The van der Waals surface area contributed by atoms with Crippen LogP contribution in [0.5, 0.6) is 0 Å². The zero-order valence-electron chi connectivity index (χ0n) is 12.2. The maximum Gasteiger partial charge on any atom is 0.246 e. The Labute approximate surface area is 125 Å². The molecule has 0 aromatic rings. The highest BCUT2D eigenvalue weighted by molar-refractivity contribution is 7.99. The topological polar surface area (TPSA) is 40.6 Å². The fourth-order valence-electron chi connectivity index (χ4n) is 3.89. The molecule has 1 atom stereocenters. The molecule has 0 spiro atoms. The number of carbonyl (C=O) groups excluding carboxylic acids is 2. The fraction of sp³-hybridized carbons (Fsp3) is 0.867. The Morgan fingerprint density at radius 1 is 1.00 bits per heavy atom. The molecule has 2 heterocycles. The molecular weight excluding hydrogens is 272 g/mol. The van der Waals surface area contributed by atoms with Crippen LogP contribution in [0.25, 0.3) is 0 Å². The van der Waals surface area contributed by atoms with Gasteiger partial charge in [0.15, 0.2) is 0 Å². The van der Waals surface area contributed by atoms with Gasteiger partial charge in [-0.3, -0.25) is 9.59 Å². The van der Waals surface area contributed by atoms with Crippen LogP contribution in [0, 0.1) is 0 Å². The molecule has 3 fully saturated rings. The summed E-state index contributed by atoms with van der Waals surface area (Å²) in [6.07, 6.45) is 9.65. The minimum absolute atomic E-state index is 0.150. The monoisotopic (exact) mass is 296 g/mol. The van der Waals surface area contributed by atoms with E-state index in [1.807, 2.05) is 21.6 Å². The Morgan fingerprint density at radius 3 is 2.45 bits per heavy atom. The van der Waals surface area contributed by atoms with E-state index in [9.17, 15) is 9.59 Å². The third kappa shape index (κ3) is 2.57. The summed E-state index contributed by atoms with van der Waals surface area (Å²) in [4.78, 5) is 28.7. The molecule has 0 bridgehead atoms. The van der Waals surface area contributed by atoms with Gasteiger partial charge >= 0.3 is 0 Å². The normalized spacial score (nSPS) is 35.1. The average Bonchev–Trinajstić information content (AvgIpc) is 2.51. The van der Waals surface area contributed by atoms with E-state index >= 15 is 0 Å². The van der Waals surface area contributed by atoms with Gasteiger partial charge in [-0.15, -0.1) is 0 Å². The zero-order chi connectivity index (χ0) is 14.1. The second kappa shape index (κ2) is 5.96. The van der Waals surface area contributed by atoms with E-state index in [-0.39, 0.29) is 17.9 Å². The Balaban J connectivity index is 1.68. The summed E-state index contributed by atoms with van der Waals surface area (Å²) in [5, 5.41) is 0.744. The maximum absolute atomic E-state index is 12.7. The Kier molecular flexibility index (Phi) is 4.24. The summed E-state index contributed by atoms with van der Waals surface area (Å²) in [5.41, 5.74) is 0. The van der Waals surface area contributed by atoms with Gasteiger partial charge in [0, 0.05) is 17.8 Å². The van der Waals surface area contributed by atoms with Gasteiger partial charge < -0.3 is 9.80 Å². The van der Waals surface area contributed by atoms with Crippen LogP contribution < -0.4 is 0 Å². The zero-order valence-corrected chi connectivity index (χ0v) is 13.0. The van der Waals surface area contributed by atoms with Crippen LogP contribution in [0.15, 0.2) is 0 Å². The predicted molar refractivity (Wildman–Crippen MR) is 80.6 cm³/mol. The number of carbonyl (C=O) groups is 2. The summed E-state index contributed by atoms with van der Waals surface area (Å²) >= 11 is 1.94. The van der Waals surface area contributed by atoms with Crippen molar-refractivity contribution >= 4 is 23.6 Å². The maximum atomic E-state index is 12.7. The van der Waals surface area contributed by atoms with Crippen LogP contribution in [0.4, 0.5) is 0 Å². The van der Waals surface area contributed by atoms with E-state index in [4.69, 9.17) is 0 Å². The highest BCUT2D eigenvalue weighted by Gasteiger charge is 2.43. The molecule has 112 valence electrons. The highest BCUT2D eigenvalue weighted by atomic mass is 32.2. The van der Waals surface area contributed by atoms with Crippen molar-refractivity contribution in [2.45, 2.75) is 62.3 Å². The van der Waals surface area contributed by atoms with Gasteiger partial charge in [-0.1, -0.05) is 0 Å². The molecule has 1 saturated carbocycles. The van der Waals surface area contributed by atoms with Gasteiger partial charge in [0.1, 0.15) is 12.6 Å². The molecular formula is C15H24N2O2S. The number of hydrogen-bond donors (Lipinski definition) is 0.